The zero-order valence-corrected chi connectivity index (χ0v) is 8.18. The first-order valence-electron chi connectivity index (χ1n) is 4.24. The maximum absolute atomic E-state index is 12.6. The quantitative estimate of drug-likeness (QED) is 0.597. The number of hydrogen-bond acceptors (Lipinski definition) is 3. The van der Waals surface area contributed by atoms with Crippen LogP contribution in [0, 0.1) is 0 Å². The van der Waals surface area contributed by atoms with Crippen LogP contribution in [0.3, 0.4) is 0 Å². The number of aliphatic hydroxyl groups is 1. The molecule has 0 aromatic carbocycles. The Morgan fingerprint density at radius 3 is 2.29 bits per heavy atom. The Morgan fingerprint density at radius 1 is 1.50 bits per heavy atom. The smallest absolute Gasteiger partial charge is 0.375 e. The maximum Gasteiger partial charge on any atom is 0.375 e. The van der Waals surface area contributed by atoms with E-state index in [1.54, 1.807) is 13.8 Å². The minimum Gasteiger partial charge on any atom is -0.477 e. The highest BCUT2D eigenvalue weighted by atomic mass is 19.3. The molecule has 0 fully saturated rings. The van der Waals surface area contributed by atoms with Crippen LogP contribution in [0.1, 0.15) is 20.3 Å². The molecular weight excluding hydrogens is 196 g/mol. The molecule has 3 N–H and O–H groups in total. The summed E-state index contributed by atoms with van der Waals surface area (Å²) in [5.41, 5.74) is -0.862. The first-order valence-corrected chi connectivity index (χ1v) is 4.24. The summed E-state index contributed by atoms with van der Waals surface area (Å²) < 4.78 is 25.2. The highest BCUT2D eigenvalue weighted by molar-refractivity contribution is 5.75. The highest BCUT2D eigenvalue weighted by Gasteiger charge is 2.40. The molecule has 0 aliphatic rings. The van der Waals surface area contributed by atoms with Gasteiger partial charge in [0.05, 0.1) is 13.2 Å². The number of nitrogens with one attached hydrogen (secondary N) is 1. The summed E-state index contributed by atoms with van der Waals surface area (Å²) in [5.74, 6) is -5.97. The van der Waals surface area contributed by atoms with E-state index in [-0.39, 0.29) is 6.61 Å². The molecule has 84 valence electrons. The average molecular weight is 211 g/mol. The van der Waals surface area contributed by atoms with Crippen LogP contribution in [0.15, 0.2) is 0 Å². The Bertz CT molecular complexity index is 205. The Hall–Kier alpha value is -0.750. The number of alkyl halides is 2. The summed E-state index contributed by atoms with van der Waals surface area (Å²) in [4.78, 5) is 10.1. The molecule has 0 aliphatic carbocycles. The normalized spacial score (nSPS) is 16.4. The molecule has 0 amide bonds. The third-order valence-corrected chi connectivity index (χ3v) is 2.18. The third kappa shape index (κ3) is 3.55. The number of carboxylic acid groups (broad SMARTS) is 1. The van der Waals surface area contributed by atoms with Gasteiger partial charge in [0.25, 0.3) is 0 Å². The fourth-order valence-electron chi connectivity index (χ4n) is 0.693. The summed E-state index contributed by atoms with van der Waals surface area (Å²) in [6.45, 7) is 1.96. The second kappa shape index (κ2) is 4.65. The predicted octanol–water partition coefficient (Wildman–Crippen LogP) is 0.457. The number of aliphatic carboxylic acids is 1. The zero-order valence-electron chi connectivity index (χ0n) is 8.18. The van der Waals surface area contributed by atoms with Crippen LogP contribution in [0.5, 0.6) is 0 Å². The molecular formula is C8H15F2NO3. The van der Waals surface area contributed by atoms with Crippen molar-refractivity contribution in [3.63, 3.8) is 0 Å². The van der Waals surface area contributed by atoms with Crippen molar-refractivity contribution in [3.8, 4) is 0 Å². The van der Waals surface area contributed by atoms with Gasteiger partial charge < -0.3 is 15.5 Å². The minimum absolute atomic E-state index is 0.320. The Labute approximate surface area is 80.9 Å². The molecule has 0 aromatic rings. The lowest BCUT2D eigenvalue weighted by atomic mass is 10.00. The van der Waals surface area contributed by atoms with E-state index in [0.29, 0.717) is 6.42 Å². The topological polar surface area (TPSA) is 69.6 Å². The third-order valence-electron chi connectivity index (χ3n) is 2.18. The molecule has 0 bridgehead atoms. The van der Waals surface area contributed by atoms with Gasteiger partial charge in [-0.25, -0.2) is 4.79 Å². The van der Waals surface area contributed by atoms with Crippen LogP contribution in [0.2, 0.25) is 0 Å². The van der Waals surface area contributed by atoms with Crippen LogP contribution in [0.25, 0.3) is 0 Å². The molecule has 14 heavy (non-hydrogen) atoms. The number of aliphatic hydroxyl groups excluding tert-OH is 1. The van der Waals surface area contributed by atoms with E-state index in [1.807, 2.05) is 0 Å². The lowest BCUT2D eigenvalue weighted by Crippen LogP contribution is -2.51. The van der Waals surface area contributed by atoms with Crippen molar-refractivity contribution in [2.75, 3.05) is 13.2 Å². The molecule has 1 atom stereocenters. The molecule has 0 rings (SSSR count). The molecule has 0 heterocycles. The van der Waals surface area contributed by atoms with Crippen LogP contribution in [0.4, 0.5) is 8.78 Å². The molecule has 0 spiro atoms. The van der Waals surface area contributed by atoms with Crippen molar-refractivity contribution in [1.82, 2.24) is 5.32 Å². The van der Waals surface area contributed by atoms with Crippen molar-refractivity contribution in [1.29, 1.82) is 0 Å². The van der Waals surface area contributed by atoms with Gasteiger partial charge in [0.1, 0.15) is 0 Å². The van der Waals surface area contributed by atoms with E-state index < -0.39 is 24.0 Å². The Kier molecular flexibility index (Phi) is 4.41. The summed E-state index contributed by atoms with van der Waals surface area (Å²) in [5, 5.41) is 19.3. The van der Waals surface area contributed by atoms with Gasteiger partial charge in [-0.05, 0) is 13.3 Å². The number of hydrogen-bond donors (Lipinski definition) is 3. The summed E-state index contributed by atoms with van der Waals surface area (Å²) in [6.07, 6.45) is 0.430. The van der Waals surface area contributed by atoms with E-state index in [2.05, 4.69) is 5.32 Å². The van der Waals surface area contributed by atoms with Gasteiger partial charge in [0.2, 0.25) is 0 Å². The predicted molar refractivity (Wildman–Crippen MR) is 46.4 cm³/mol. The second-order valence-electron chi connectivity index (χ2n) is 3.44. The van der Waals surface area contributed by atoms with Crippen molar-refractivity contribution in [2.45, 2.75) is 31.7 Å². The average Bonchev–Trinajstić information content (AvgIpc) is 2.14. The monoisotopic (exact) mass is 211 g/mol. The van der Waals surface area contributed by atoms with Crippen molar-refractivity contribution >= 4 is 5.97 Å². The molecule has 4 nitrogen and oxygen atoms in total. The fraction of sp³-hybridized carbons (Fsp3) is 0.875. The molecule has 6 heteroatoms. The molecule has 0 aliphatic heterocycles. The minimum atomic E-state index is -3.80. The highest BCUT2D eigenvalue weighted by Crippen LogP contribution is 2.15. The van der Waals surface area contributed by atoms with Gasteiger partial charge in [-0.2, -0.15) is 8.78 Å². The molecule has 0 aromatic heterocycles. The second-order valence-corrected chi connectivity index (χ2v) is 3.44. The number of rotatable bonds is 6. The largest absolute Gasteiger partial charge is 0.477 e. The standard InChI is InChI=1S/C8H15F2NO3/c1-3-7(2,5-12)11-4-8(9,10)6(13)14/h11-12H,3-5H2,1-2H3,(H,13,14). The fourth-order valence-corrected chi connectivity index (χ4v) is 0.693. The van der Waals surface area contributed by atoms with Gasteiger partial charge in [-0.1, -0.05) is 6.92 Å². The van der Waals surface area contributed by atoms with E-state index >= 15 is 0 Å². The maximum atomic E-state index is 12.6. The first kappa shape index (κ1) is 13.2. The van der Waals surface area contributed by atoms with Gasteiger partial charge in [-0.3, -0.25) is 0 Å². The van der Waals surface area contributed by atoms with Crippen molar-refractivity contribution in [3.05, 3.63) is 0 Å². The molecule has 1 unspecified atom stereocenters. The lowest BCUT2D eigenvalue weighted by molar-refractivity contribution is -0.164. The van der Waals surface area contributed by atoms with E-state index in [1.165, 1.54) is 0 Å². The lowest BCUT2D eigenvalue weighted by Gasteiger charge is -2.28. The van der Waals surface area contributed by atoms with Gasteiger partial charge in [-0.15, -0.1) is 0 Å². The van der Waals surface area contributed by atoms with E-state index in [9.17, 15) is 13.6 Å². The van der Waals surface area contributed by atoms with Crippen LogP contribution in [-0.2, 0) is 4.79 Å². The summed E-state index contributed by atoms with van der Waals surface area (Å²) in [7, 11) is 0. The van der Waals surface area contributed by atoms with Gasteiger partial charge in [0.15, 0.2) is 0 Å². The SMILES string of the molecule is CCC(C)(CO)NCC(F)(F)C(=O)O. The van der Waals surface area contributed by atoms with Crippen molar-refractivity contribution < 1.29 is 23.8 Å². The van der Waals surface area contributed by atoms with E-state index in [4.69, 9.17) is 10.2 Å². The first-order chi connectivity index (χ1) is 6.27. The van der Waals surface area contributed by atoms with E-state index in [0.717, 1.165) is 0 Å². The number of carbonyl (C=O) groups is 1. The number of carboxylic acids is 1. The van der Waals surface area contributed by atoms with Gasteiger partial charge >= 0.3 is 11.9 Å². The molecule has 0 radical (unpaired) electrons. The summed E-state index contributed by atoms with van der Waals surface area (Å²) in [6, 6.07) is 0. The zero-order chi connectivity index (χ0) is 11.4. The molecule has 0 saturated heterocycles. The van der Waals surface area contributed by atoms with Gasteiger partial charge in [0, 0.05) is 5.54 Å². The van der Waals surface area contributed by atoms with Crippen LogP contribution >= 0.6 is 0 Å². The van der Waals surface area contributed by atoms with Crippen molar-refractivity contribution in [2.24, 2.45) is 0 Å². The number of halogens is 2. The Balaban J connectivity index is 4.23. The summed E-state index contributed by atoms with van der Waals surface area (Å²) >= 11 is 0. The molecule has 0 saturated carbocycles. The van der Waals surface area contributed by atoms with Crippen LogP contribution < -0.4 is 5.32 Å². The Morgan fingerprint density at radius 2 is 2.00 bits per heavy atom. The van der Waals surface area contributed by atoms with Crippen LogP contribution in [-0.4, -0.2) is 40.8 Å².